The standard InChI is InChI=1S/C15H13FIN3S/c1-19(2)9-3-5-10(6-4-9)20-14-7-11(16)12(17)8-13(14)18-15(20)21/h3-8H,1-2H3,(H,18,21). The van der Waals surface area contributed by atoms with E-state index in [9.17, 15) is 4.39 Å². The van der Waals surface area contributed by atoms with Crippen molar-refractivity contribution in [3.8, 4) is 5.69 Å². The molecule has 0 unspecified atom stereocenters. The summed E-state index contributed by atoms with van der Waals surface area (Å²) >= 11 is 7.35. The summed E-state index contributed by atoms with van der Waals surface area (Å²) in [5, 5.41) is 0. The van der Waals surface area contributed by atoms with E-state index in [1.165, 1.54) is 6.07 Å². The number of halogens is 2. The van der Waals surface area contributed by atoms with Gasteiger partial charge in [0, 0.05) is 31.5 Å². The molecule has 0 atom stereocenters. The molecule has 1 aromatic heterocycles. The van der Waals surface area contributed by atoms with Gasteiger partial charge in [0.15, 0.2) is 4.77 Å². The summed E-state index contributed by atoms with van der Waals surface area (Å²) < 4.78 is 16.8. The molecule has 3 nitrogen and oxygen atoms in total. The van der Waals surface area contributed by atoms with Crippen LogP contribution in [0.25, 0.3) is 16.7 Å². The highest BCUT2D eigenvalue weighted by atomic mass is 127. The zero-order valence-electron chi connectivity index (χ0n) is 11.5. The van der Waals surface area contributed by atoms with E-state index in [4.69, 9.17) is 12.2 Å². The molecule has 1 N–H and O–H groups in total. The summed E-state index contributed by atoms with van der Waals surface area (Å²) in [7, 11) is 3.98. The summed E-state index contributed by atoms with van der Waals surface area (Å²) in [5.74, 6) is -0.240. The van der Waals surface area contributed by atoms with E-state index >= 15 is 0 Å². The fourth-order valence-corrected chi connectivity index (χ4v) is 3.04. The molecule has 0 radical (unpaired) electrons. The second-order valence-corrected chi connectivity index (χ2v) is 6.51. The summed E-state index contributed by atoms with van der Waals surface area (Å²) in [6.45, 7) is 0. The van der Waals surface area contributed by atoms with Gasteiger partial charge in [-0.2, -0.15) is 0 Å². The van der Waals surface area contributed by atoms with Gasteiger partial charge in [-0.05, 0) is 65.1 Å². The fraction of sp³-hybridized carbons (Fsp3) is 0.133. The fourth-order valence-electron chi connectivity index (χ4n) is 2.26. The number of aromatic nitrogens is 2. The van der Waals surface area contributed by atoms with E-state index in [0.717, 1.165) is 22.4 Å². The Balaban J connectivity index is 2.22. The summed E-state index contributed by atoms with van der Waals surface area (Å²) in [5.41, 5.74) is 3.60. The third-order valence-corrected chi connectivity index (χ3v) is 4.46. The Bertz CT molecular complexity index is 865. The molecule has 2 aromatic carbocycles. The van der Waals surface area contributed by atoms with Gasteiger partial charge in [-0.15, -0.1) is 0 Å². The summed E-state index contributed by atoms with van der Waals surface area (Å²) in [6.07, 6.45) is 0. The number of hydrogen-bond acceptors (Lipinski definition) is 2. The largest absolute Gasteiger partial charge is 0.378 e. The number of H-pyrrole nitrogens is 1. The lowest BCUT2D eigenvalue weighted by molar-refractivity contribution is 0.622. The number of imidazole rings is 1. The van der Waals surface area contributed by atoms with Crippen LogP contribution in [0.2, 0.25) is 0 Å². The Kier molecular flexibility index (Phi) is 3.75. The minimum Gasteiger partial charge on any atom is -0.378 e. The van der Waals surface area contributed by atoms with Crippen LogP contribution in [0.3, 0.4) is 0 Å². The van der Waals surface area contributed by atoms with Crippen LogP contribution in [0, 0.1) is 14.2 Å². The highest BCUT2D eigenvalue weighted by Gasteiger charge is 2.10. The van der Waals surface area contributed by atoms with Crippen LogP contribution in [0.15, 0.2) is 36.4 Å². The van der Waals surface area contributed by atoms with Gasteiger partial charge in [-0.1, -0.05) is 0 Å². The average molecular weight is 413 g/mol. The van der Waals surface area contributed by atoms with Crippen molar-refractivity contribution in [1.82, 2.24) is 9.55 Å². The van der Waals surface area contributed by atoms with Gasteiger partial charge in [-0.25, -0.2) is 4.39 Å². The molecule has 0 spiro atoms. The number of anilines is 1. The van der Waals surface area contributed by atoms with Gasteiger partial charge >= 0.3 is 0 Å². The van der Waals surface area contributed by atoms with Crippen molar-refractivity contribution in [2.75, 3.05) is 19.0 Å². The number of nitrogens with one attached hydrogen (secondary N) is 1. The van der Waals surface area contributed by atoms with Gasteiger partial charge < -0.3 is 9.88 Å². The zero-order valence-corrected chi connectivity index (χ0v) is 14.5. The molecule has 108 valence electrons. The molecule has 0 amide bonds. The molecule has 3 aromatic rings. The van der Waals surface area contributed by atoms with E-state index < -0.39 is 0 Å². The molecular weight excluding hydrogens is 400 g/mol. The smallest absolute Gasteiger partial charge is 0.182 e. The molecule has 0 aliphatic carbocycles. The van der Waals surface area contributed by atoms with Crippen molar-refractivity contribution >= 4 is 51.5 Å². The highest BCUT2D eigenvalue weighted by molar-refractivity contribution is 14.1. The molecular formula is C15H13FIN3S. The molecule has 0 aliphatic heterocycles. The molecule has 0 fully saturated rings. The van der Waals surface area contributed by atoms with E-state index in [0.29, 0.717) is 8.34 Å². The molecule has 0 saturated heterocycles. The monoisotopic (exact) mass is 413 g/mol. The van der Waals surface area contributed by atoms with Crippen molar-refractivity contribution < 1.29 is 4.39 Å². The van der Waals surface area contributed by atoms with Crippen LogP contribution in [-0.2, 0) is 0 Å². The third kappa shape index (κ3) is 2.57. The number of fused-ring (bicyclic) bond motifs is 1. The quantitative estimate of drug-likeness (QED) is 0.494. The van der Waals surface area contributed by atoms with Crippen LogP contribution >= 0.6 is 34.8 Å². The van der Waals surface area contributed by atoms with E-state index in [1.54, 1.807) is 6.07 Å². The van der Waals surface area contributed by atoms with Crippen LogP contribution in [0.4, 0.5) is 10.1 Å². The SMILES string of the molecule is CN(C)c1ccc(-n2c(=S)[nH]c3cc(I)c(F)cc32)cc1. The molecule has 6 heteroatoms. The lowest BCUT2D eigenvalue weighted by atomic mass is 10.2. The average Bonchev–Trinajstić information content (AvgIpc) is 2.75. The number of rotatable bonds is 2. The lowest BCUT2D eigenvalue weighted by Gasteiger charge is -2.13. The maximum Gasteiger partial charge on any atom is 0.182 e. The molecule has 3 rings (SSSR count). The van der Waals surface area contributed by atoms with Gasteiger partial charge in [0.2, 0.25) is 0 Å². The zero-order chi connectivity index (χ0) is 15.1. The van der Waals surface area contributed by atoms with E-state index in [-0.39, 0.29) is 5.82 Å². The van der Waals surface area contributed by atoms with Crippen LogP contribution in [-0.4, -0.2) is 23.6 Å². The first-order valence-corrected chi connectivity index (χ1v) is 7.83. The van der Waals surface area contributed by atoms with Crippen LogP contribution < -0.4 is 4.90 Å². The molecule has 0 aliphatic rings. The second-order valence-electron chi connectivity index (χ2n) is 4.96. The van der Waals surface area contributed by atoms with Crippen molar-refractivity contribution in [1.29, 1.82) is 0 Å². The van der Waals surface area contributed by atoms with E-state index in [1.807, 2.05) is 70.4 Å². The Morgan fingerprint density at radius 2 is 1.86 bits per heavy atom. The Morgan fingerprint density at radius 1 is 1.19 bits per heavy atom. The van der Waals surface area contributed by atoms with Gasteiger partial charge in [-0.3, -0.25) is 4.57 Å². The van der Waals surface area contributed by atoms with Gasteiger partial charge in [0.25, 0.3) is 0 Å². The minimum absolute atomic E-state index is 0.240. The normalized spacial score (nSPS) is 11.0. The van der Waals surface area contributed by atoms with Crippen molar-refractivity contribution in [3.63, 3.8) is 0 Å². The predicted octanol–water partition coefficient (Wildman–Crippen LogP) is 4.50. The van der Waals surface area contributed by atoms with Gasteiger partial charge in [0.05, 0.1) is 14.6 Å². The Morgan fingerprint density at radius 3 is 2.48 bits per heavy atom. The molecule has 0 saturated carbocycles. The summed E-state index contributed by atoms with van der Waals surface area (Å²) in [4.78, 5) is 5.15. The van der Waals surface area contributed by atoms with E-state index in [2.05, 4.69) is 4.98 Å². The Labute approximate surface area is 140 Å². The van der Waals surface area contributed by atoms with Crippen molar-refractivity contribution in [3.05, 3.63) is 50.6 Å². The maximum absolute atomic E-state index is 13.8. The summed E-state index contributed by atoms with van der Waals surface area (Å²) in [6, 6.07) is 11.3. The topological polar surface area (TPSA) is 24.0 Å². The third-order valence-electron chi connectivity index (χ3n) is 3.35. The van der Waals surface area contributed by atoms with Crippen molar-refractivity contribution in [2.24, 2.45) is 0 Å². The number of nitrogens with zero attached hydrogens (tertiary/aromatic N) is 2. The lowest BCUT2D eigenvalue weighted by Crippen LogP contribution is -2.08. The highest BCUT2D eigenvalue weighted by Crippen LogP contribution is 2.24. The maximum atomic E-state index is 13.8. The minimum atomic E-state index is -0.240. The first kappa shape index (κ1) is 14.5. The number of benzene rings is 2. The first-order valence-electron chi connectivity index (χ1n) is 6.35. The molecule has 21 heavy (non-hydrogen) atoms. The molecule has 0 bridgehead atoms. The number of aromatic amines is 1. The molecule has 1 heterocycles. The second kappa shape index (κ2) is 5.42. The van der Waals surface area contributed by atoms with Gasteiger partial charge in [0.1, 0.15) is 5.82 Å². The van der Waals surface area contributed by atoms with Crippen molar-refractivity contribution in [2.45, 2.75) is 0 Å². The number of hydrogen-bond donors (Lipinski definition) is 1. The predicted molar refractivity (Wildman–Crippen MR) is 95.5 cm³/mol. The van der Waals surface area contributed by atoms with Crippen LogP contribution in [0.1, 0.15) is 0 Å². The Hall–Kier alpha value is -1.41. The first-order chi connectivity index (χ1) is 9.97. The van der Waals surface area contributed by atoms with Crippen LogP contribution in [0.5, 0.6) is 0 Å².